The molecule has 1 saturated carbocycles. The normalized spacial score (nSPS) is 23.4. The Labute approximate surface area is 121 Å². The molecule has 0 bridgehead atoms. The molecule has 2 rings (SSSR count). The first-order chi connectivity index (χ1) is 9.76. The van der Waals surface area contributed by atoms with Gasteiger partial charge in [-0.3, -0.25) is 0 Å². The highest BCUT2D eigenvalue weighted by atomic mass is 19.1. The molecule has 1 aliphatic carbocycles. The highest BCUT2D eigenvalue weighted by Crippen LogP contribution is 2.35. The van der Waals surface area contributed by atoms with E-state index < -0.39 is 0 Å². The van der Waals surface area contributed by atoms with Crippen LogP contribution in [-0.2, 0) is 0 Å². The summed E-state index contributed by atoms with van der Waals surface area (Å²) in [6.45, 7) is 3.24. The maximum Gasteiger partial charge on any atom is 0.168 e. The van der Waals surface area contributed by atoms with Crippen molar-refractivity contribution in [2.75, 3.05) is 13.7 Å². The molecule has 0 heterocycles. The predicted octanol–water partition coefficient (Wildman–Crippen LogP) is 4.25. The first kappa shape index (κ1) is 15.3. The van der Waals surface area contributed by atoms with E-state index in [0.717, 1.165) is 31.4 Å². The van der Waals surface area contributed by atoms with E-state index >= 15 is 0 Å². The van der Waals surface area contributed by atoms with Crippen molar-refractivity contribution in [2.24, 2.45) is 0 Å². The summed E-state index contributed by atoms with van der Waals surface area (Å²) in [5, 5.41) is 3.61. The molecule has 0 aliphatic heterocycles. The molecule has 0 spiro atoms. The Bertz CT molecular complexity index is 421. The second-order valence-electron chi connectivity index (χ2n) is 5.73. The molecule has 1 aromatic carbocycles. The van der Waals surface area contributed by atoms with Crippen molar-refractivity contribution in [1.29, 1.82) is 0 Å². The van der Waals surface area contributed by atoms with Gasteiger partial charge in [-0.15, -0.1) is 0 Å². The summed E-state index contributed by atoms with van der Waals surface area (Å²) in [6, 6.07) is 6.04. The number of rotatable bonds is 5. The van der Waals surface area contributed by atoms with Gasteiger partial charge >= 0.3 is 0 Å². The van der Waals surface area contributed by atoms with E-state index in [-0.39, 0.29) is 5.82 Å². The smallest absolute Gasteiger partial charge is 0.168 e. The van der Waals surface area contributed by atoms with Crippen LogP contribution in [0.2, 0.25) is 0 Å². The minimum atomic E-state index is -0.170. The van der Waals surface area contributed by atoms with Crippen molar-refractivity contribution in [2.45, 2.75) is 57.4 Å². The maximum absolute atomic E-state index is 14.4. The lowest BCUT2D eigenvalue weighted by Gasteiger charge is -2.22. The van der Waals surface area contributed by atoms with Crippen LogP contribution in [0.1, 0.15) is 56.9 Å². The second kappa shape index (κ2) is 7.63. The van der Waals surface area contributed by atoms with Crippen molar-refractivity contribution in [3.05, 3.63) is 29.6 Å². The van der Waals surface area contributed by atoms with Gasteiger partial charge in [0.2, 0.25) is 0 Å². The lowest BCUT2D eigenvalue weighted by molar-refractivity contribution is 0.377. The van der Waals surface area contributed by atoms with Crippen LogP contribution in [0.25, 0.3) is 0 Å². The summed E-state index contributed by atoms with van der Waals surface area (Å²) in [5.74, 6) is 0.503. The van der Waals surface area contributed by atoms with E-state index in [4.69, 9.17) is 4.74 Å². The van der Waals surface area contributed by atoms with Crippen LogP contribution in [0, 0.1) is 5.82 Å². The molecule has 2 nitrogen and oxygen atoms in total. The maximum atomic E-state index is 14.4. The second-order valence-corrected chi connectivity index (χ2v) is 5.73. The van der Waals surface area contributed by atoms with Gasteiger partial charge in [-0.05, 0) is 49.8 Å². The van der Waals surface area contributed by atoms with E-state index in [2.05, 4.69) is 12.2 Å². The quantitative estimate of drug-likeness (QED) is 0.814. The molecule has 0 amide bonds. The first-order valence-electron chi connectivity index (χ1n) is 7.82. The Hall–Kier alpha value is -1.09. The summed E-state index contributed by atoms with van der Waals surface area (Å²) in [4.78, 5) is 0. The fourth-order valence-corrected chi connectivity index (χ4v) is 3.18. The van der Waals surface area contributed by atoms with E-state index in [1.54, 1.807) is 6.07 Å². The van der Waals surface area contributed by atoms with Crippen LogP contribution in [-0.4, -0.2) is 19.7 Å². The lowest BCUT2D eigenvalue weighted by Crippen LogP contribution is -2.30. The summed E-state index contributed by atoms with van der Waals surface area (Å²) in [7, 11) is 1.53. The molecule has 0 saturated heterocycles. The average Bonchev–Trinajstić information content (AvgIpc) is 2.71. The summed E-state index contributed by atoms with van der Waals surface area (Å²) >= 11 is 0. The number of halogens is 1. The van der Waals surface area contributed by atoms with Crippen molar-refractivity contribution in [1.82, 2.24) is 5.32 Å². The van der Waals surface area contributed by atoms with Gasteiger partial charge in [-0.2, -0.15) is 0 Å². The molecule has 112 valence electrons. The molecule has 20 heavy (non-hydrogen) atoms. The molecule has 3 heteroatoms. The molecule has 1 aliphatic rings. The number of methoxy groups -OCH3 is 1. The minimum absolute atomic E-state index is 0.170. The largest absolute Gasteiger partial charge is 0.494 e. The topological polar surface area (TPSA) is 21.3 Å². The zero-order valence-electron chi connectivity index (χ0n) is 12.6. The van der Waals surface area contributed by atoms with E-state index in [9.17, 15) is 4.39 Å². The Morgan fingerprint density at radius 3 is 2.85 bits per heavy atom. The van der Waals surface area contributed by atoms with Gasteiger partial charge in [0.1, 0.15) is 0 Å². The van der Waals surface area contributed by atoms with E-state index in [1.165, 1.54) is 26.4 Å². The number of hydrogen-bond acceptors (Lipinski definition) is 2. The zero-order chi connectivity index (χ0) is 14.4. The van der Waals surface area contributed by atoms with Gasteiger partial charge < -0.3 is 10.1 Å². The number of nitrogens with one attached hydrogen (secondary N) is 1. The molecular weight excluding hydrogens is 253 g/mol. The molecule has 1 N–H and O–H groups in total. The Balaban J connectivity index is 2.13. The van der Waals surface area contributed by atoms with Crippen LogP contribution >= 0.6 is 0 Å². The first-order valence-corrected chi connectivity index (χ1v) is 7.82. The summed E-state index contributed by atoms with van der Waals surface area (Å²) in [6.07, 6.45) is 6.89. The van der Waals surface area contributed by atoms with Gasteiger partial charge in [0, 0.05) is 6.04 Å². The third-order valence-corrected chi connectivity index (χ3v) is 4.26. The molecular formula is C17H26FNO. The molecule has 2 unspecified atom stereocenters. The van der Waals surface area contributed by atoms with Gasteiger partial charge in [0.15, 0.2) is 11.6 Å². The van der Waals surface area contributed by atoms with Gasteiger partial charge in [0.05, 0.1) is 7.11 Å². The summed E-state index contributed by atoms with van der Waals surface area (Å²) < 4.78 is 19.5. The Morgan fingerprint density at radius 2 is 2.10 bits per heavy atom. The van der Waals surface area contributed by atoms with Crippen LogP contribution in [0.5, 0.6) is 5.75 Å². The predicted molar refractivity (Wildman–Crippen MR) is 80.9 cm³/mol. The highest BCUT2D eigenvalue weighted by molar-refractivity contribution is 5.33. The minimum Gasteiger partial charge on any atom is -0.494 e. The van der Waals surface area contributed by atoms with Crippen LogP contribution in [0.15, 0.2) is 18.2 Å². The van der Waals surface area contributed by atoms with Crippen LogP contribution in [0.4, 0.5) is 4.39 Å². The monoisotopic (exact) mass is 279 g/mol. The zero-order valence-corrected chi connectivity index (χ0v) is 12.6. The van der Waals surface area contributed by atoms with E-state index in [1.807, 2.05) is 12.1 Å². The Morgan fingerprint density at radius 1 is 1.30 bits per heavy atom. The fourth-order valence-electron chi connectivity index (χ4n) is 3.18. The van der Waals surface area contributed by atoms with Crippen LogP contribution in [0.3, 0.4) is 0 Å². The average molecular weight is 279 g/mol. The third-order valence-electron chi connectivity index (χ3n) is 4.26. The molecule has 2 atom stereocenters. The highest BCUT2D eigenvalue weighted by Gasteiger charge is 2.24. The Kier molecular flexibility index (Phi) is 5.84. The van der Waals surface area contributed by atoms with Gasteiger partial charge in [-0.1, -0.05) is 31.9 Å². The van der Waals surface area contributed by atoms with Gasteiger partial charge in [0.25, 0.3) is 0 Å². The number of hydrogen-bond donors (Lipinski definition) is 1. The van der Waals surface area contributed by atoms with E-state index in [0.29, 0.717) is 17.7 Å². The fraction of sp³-hybridized carbons (Fsp3) is 0.647. The third kappa shape index (κ3) is 3.72. The van der Waals surface area contributed by atoms with Crippen LogP contribution < -0.4 is 10.1 Å². The standard InChI is InChI=1S/C17H26FNO/c1-3-11-19-14-8-5-4-7-13(12-14)15-9-6-10-16(20-2)17(15)18/h6,9-10,13-14,19H,3-5,7-8,11-12H2,1-2H3. The van der Waals surface area contributed by atoms with Crippen molar-refractivity contribution in [3.8, 4) is 5.75 Å². The summed E-state index contributed by atoms with van der Waals surface area (Å²) in [5.41, 5.74) is 0.828. The SMILES string of the molecule is CCCNC1CCCCC(c2cccc(OC)c2F)C1. The molecule has 0 aromatic heterocycles. The molecule has 1 aromatic rings. The van der Waals surface area contributed by atoms with Crippen molar-refractivity contribution < 1.29 is 9.13 Å². The van der Waals surface area contributed by atoms with Crippen molar-refractivity contribution >= 4 is 0 Å². The number of benzene rings is 1. The number of ether oxygens (including phenoxy) is 1. The molecule has 0 radical (unpaired) electrons. The van der Waals surface area contributed by atoms with Crippen molar-refractivity contribution in [3.63, 3.8) is 0 Å². The molecule has 1 fully saturated rings. The lowest BCUT2D eigenvalue weighted by atomic mass is 9.89. The van der Waals surface area contributed by atoms with Gasteiger partial charge in [-0.25, -0.2) is 4.39 Å².